The van der Waals surface area contributed by atoms with E-state index in [0.717, 1.165) is 28.3 Å². The Balaban J connectivity index is 1.65. The Bertz CT molecular complexity index is 390. The van der Waals surface area contributed by atoms with Crippen LogP contribution in [0.3, 0.4) is 0 Å². The van der Waals surface area contributed by atoms with E-state index in [0.29, 0.717) is 0 Å². The molecule has 4 heterocycles. The third kappa shape index (κ3) is 1.25. The molecule has 2 bridgehead atoms. The van der Waals surface area contributed by atoms with Crippen molar-refractivity contribution in [2.45, 2.75) is 24.8 Å². The van der Waals surface area contributed by atoms with Gasteiger partial charge in [0.25, 0.3) is 0 Å². The van der Waals surface area contributed by atoms with E-state index in [1.165, 1.54) is 31.6 Å². The van der Waals surface area contributed by atoms with Crippen LogP contribution in [-0.2, 0) is 0 Å². The third-order valence-electron chi connectivity index (χ3n) is 4.67. The summed E-state index contributed by atoms with van der Waals surface area (Å²) in [7, 11) is 0. The van der Waals surface area contributed by atoms with Crippen molar-refractivity contribution < 1.29 is 0 Å². The Morgan fingerprint density at radius 3 is 2.62 bits per heavy atom. The Labute approximate surface area is 104 Å². The number of piperidine rings is 3. The van der Waals surface area contributed by atoms with Crippen molar-refractivity contribution in [3.63, 3.8) is 0 Å². The normalized spacial score (nSPS) is 44.2. The summed E-state index contributed by atoms with van der Waals surface area (Å²) in [5.74, 6) is 2.66. The maximum atomic E-state index is 4.59. The van der Waals surface area contributed by atoms with Gasteiger partial charge in [0.2, 0.25) is 0 Å². The van der Waals surface area contributed by atoms with Gasteiger partial charge >= 0.3 is 0 Å². The molecule has 1 saturated carbocycles. The van der Waals surface area contributed by atoms with Gasteiger partial charge in [-0.15, -0.1) is 0 Å². The number of fused-ring (bicyclic) bond motifs is 2. The van der Waals surface area contributed by atoms with E-state index in [-0.39, 0.29) is 0 Å². The quantitative estimate of drug-likeness (QED) is 0.785. The fraction of sp³-hybridized carbons (Fsp3) is 0.615. The lowest BCUT2D eigenvalue weighted by Gasteiger charge is -2.38. The predicted molar refractivity (Wildman–Crippen MR) is 66.3 cm³/mol. The van der Waals surface area contributed by atoms with Crippen molar-refractivity contribution in [3.05, 3.63) is 28.5 Å². The van der Waals surface area contributed by atoms with Gasteiger partial charge in [0.15, 0.2) is 0 Å². The SMILES string of the molecule is Brc1ccc(C2C3C4CCN(CC4)C23)nc1. The summed E-state index contributed by atoms with van der Waals surface area (Å²) in [5.41, 5.74) is 1.32. The van der Waals surface area contributed by atoms with Crippen LogP contribution in [0.15, 0.2) is 22.8 Å². The fourth-order valence-corrected chi connectivity index (χ4v) is 4.15. The summed E-state index contributed by atoms with van der Waals surface area (Å²) in [6.07, 6.45) is 4.79. The molecular weight excluding hydrogens is 264 g/mol. The van der Waals surface area contributed by atoms with Crippen LogP contribution in [0, 0.1) is 11.8 Å². The molecule has 4 aliphatic rings. The smallest absolute Gasteiger partial charge is 0.0454 e. The summed E-state index contributed by atoms with van der Waals surface area (Å²) >= 11 is 3.45. The molecule has 3 atom stereocenters. The minimum absolute atomic E-state index is 0.739. The van der Waals surface area contributed by atoms with E-state index in [1.807, 2.05) is 6.20 Å². The molecule has 1 aliphatic carbocycles. The topological polar surface area (TPSA) is 16.1 Å². The van der Waals surface area contributed by atoms with Crippen molar-refractivity contribution in [1.82, 2.24) is 9.88 Å². The van der Waals surface area contributed by atoms with Crippen molar-refractivity contribution in [2.24, 2.45) is 11.8 Å². The standard InChI is InChI=1S/C13H15BrN2/c14-9-1-2-10(15-7-9)12-11-8-3-5-16(6-4-8)13(11)12/h1-2,7-8,11-13H,3-6H2. The largest absolute Gasteiger partial charge is 0.299 e. The number of hydrogen-bond acceptors (Lipinski definition) is 2. The van der Waals surface area contributed by atoms with Gasteiger partial charge in [0.05, 0.1) is 0 Å². The number of hydrogen-bond donors (Lipinski definition) is 0. The lowest BCUT2D eigenvalue weighted by Crippen LogP contribution is -2.42. The van der Waals surface area contributed by atoms with Gasteiger partial charge in [-0.25, -0.2) is 0 Å². The van der Waals surface area contributed by atoms with Crippen LogP contribution in [-0.4, -0.2) is 29.0 Å². The molecule has 3 aliphatic heterocycles. The molecule has 0 amide bonds. The zero-order valence-electron chi connectivity index (χ0n) is 9.14. The minimum atomic E-state index is 0.739. The molecule has 84 valence electrons. The average Bonchev–Trinajstić information content (AvgIpc) is 3.09. The van der Waals surface area contributed by atoms with Crippen molar-refractivity contribution in [1.29, 1.82) is 0 Å². The molecule has 3 heteroatoms. The summed E-state index contributed by atoms with van der Waals surface area (Å²) in [6, 6.07) is 5.17. The molecule has 0 N–H and O–H groups in total. The third-order valence-corrected chi connectivity index (χ3v) is 5.14. The van der Waals surface area contributed by atoms with Crippen LogP contribution in [0.2, 0.25) is 0 Å². The van der Waals surface area contributed by atoms with Crippen LogP contribution in [0.1, 0.15) is 24.5 Å². The first-order chi connectivity index (χ1) is 7.84. The minimum Gasteiger partial charge on any atom is -0.299 e. The summed E-state index contributed by atoms with van der Waals surface area (Å²) < 4.78 is 1.09. The van der Waals surface area contributed by atoms with Gasteiger partial charge < -0.3 is 0 Å². The van der Waals surface area contributed by atoms with E-state index in [1.54, 1.807) is 0 Å². The highest BCUT2D eigenvalue weighted by atomic mass is 79.9. The highest BCUT2D eigenvalue weighted by Crippen LogP contribution is 2.61. The lowest BCUT2D eigenvalue weighted by molar-refractivity contribution is 0.103. The monoisotopic (exact) mass is 278 g/mol. The highest BCUT2D eigenvalue weighted by molar-refractivity contribution is 9.10. The van der Waals surface area contributed by atoms with Gasteiger partial charge in [0.1, 0.15) is 0 Å². The molecule has 3 unspecified atom stereocenters. The number of aromatic nitrogens is 1. The van der Waals surface area contributed by atoms with Crippen LogP contribution in [0.25, 0.3) is 0 Å². The van der Waals surface area contributed by atoms with Crippen molar-refractivity contribution in [2.75, 3.05) is 13.1 Å². The van der Waals surface area contributed by atoms with E-state index in [2.05, 4.69) is 37.9 Å². The van der Waals surface area contributed by atoms with Crippen molar-refractivity contribution in [3.8, 4) is 0 Å². The van der Waals surface area contributed by atoms with Crippen LogP contribution < -0.4 is 0 Å². The summed E-state index contributed by atoms with van der Waals surface area (Å²) in [5, 5.41) is 0. The van der Waals surface area contributed by atoms with Gasteiger partial charge in [-0.2, -0.15) is 0 Å². The van der Waals surface area contributed by atoms with Gasteiger partial charge in [-0.1, -0.05) is 0 Å². The Morgan fingerprint density at radius 2 is 2.06 bits per heavy atom. The first kappa shape index (κ1) is 9.60. The Hall–Kier alpha value is -0.410. The number of nitrogens with zero attached hydrogens (tertiary/aromatic N) is 2. The molecule has 0 spiro atoms. The summed E-state index contributed by atoms with van der Waals surface area (Å²) in [4.78, 5) is 7.28. The zero-order valence-corrected chi connectivity index (χ0v) is 10.7. The van der Waals surface area contributed by atoms with Crippen molar-refractivity contribution >= 4 is 15.9 Å². The molecule has 5 rings (SSSR count). The molecule has 3 saturated heterocycles. The van der Waals surface area contributed by atoms with E-state index in [9.17, 15) is 0 Å². The lowest BCUT2D eigenvalue weighted by atomic mass is 9.87. The Morgan fingerprint density at radius 1 is 1.25 bits per heavy atom. The van der Waals surface area contributed by atoms with Crippen LogP contribution in [0.4, 0.5) is 0 Å². The van der Waals surface area contributed by atoms with Gasteiger partial charge in [-0.05, 0) is 65.8 Å². The molecule has 0 radical (unpaired) electrons. The molecule has 2 nitrogen and oxygen atoms in total. The molecule has 1 aromatic heterocycles. The maximum absolute atomic E-state index is 4.59. The van der Waals surface area contributed by atoms with E-state index >= 15 is 0 Å². The first-order valence-electron chi connectivity index (χ1n) is 6.20. The number of rotatable bonds is 1. The second-order valence-corrected chi connectivity index (χ2v) is 6.28. The molecule has 16 heavy (non-hydrogen) atoms. The van der Waals surface area contributed by atoms with E-state index in [4.69, 9.17) is 0 Å². The zero-order chi connectivity index (χ0) is 10.7. The fourth-order valence-electron chi connectivity index (χ4n) is 3.92. The Kier molecular flexibility index (Phi) is 1.98. The number of halogens is 1. The maximum Gasteiger partial charge on any atom is 0.0454 e. The van der Waals surface area contributed by atoms with Crippen LogP contribution >= 0.6 is 15.9 Å². The average molecular weight is 279 g/mol. The van der Waals surface area contributed by atoms with Gasteiger partial charge in [-0.3, -0.25) is 9.88 Å². The highest BCUT2D eigenvalue weighted by Gasteiger charge is 2.62. The van der Waals surface area contributed by atoms with Crippen LogP contribution in [0.5, 0.6) is 0 Å². The van der Waals surface area contributed by atoms with E-state index < -0.39 is 0 Å². The first-order valence-corrected chi connectivity index (χ1v) is 6.99. The summed E-state index contributed by atoms with van der Waals surface area (Å²) in [6.45, 7) is 2.66. The predicted octanol–water partition coefficient (Wildman–Crippen LogP) is 2.65. The molecule has 1 aromatic rings. The number of pyridine rings is 1. The second kappa shape index (κ2) is 3.30. The molecule has 0 aromatic carbocycles. The van der Waals surface area contributed by atoms with Gasteiger partial charge in [0, 0.05) is 28.3 Å². The molecule has 4 fully saturated rings. The second-order valence-electron chi connectivity index (χ2n) is 5.37. The molecular formula is C13H15BrN2.